The number of fused-ring (bicyclic) bond motifs is 14. The molecular formula is C40H24Se4. The van der Waals surface area contributed by atoms with Crippen LogP contribution in [0.1, 0.15) is 0 Å². The van der Waals surface area contributed by atoms with Gasteiger partial charge in [-0.2, -0.15) is 0 Å². The number of hydrogen-bond acceptors (Lipinski definition) is 0. The Morgan fingerprint density at radius 1 is 0.227 bits per heavy atom. The summed E-state index contributed by atoms with van der Waals surface area (Å²) in [6.07, 6.45) is 0. The van der Waals surface area contributed by atoms with Gasteiger partial charge >= 0.3 is 281 Å². The van der Waals surface area contributed by atoms with Crippen LogP contribution in [0.2, 0.25) is 0 Å². The standard InChI is InChI=1S/C40H24Se4/c1-5-13-29-25(9-1)17-21-33-37(29)38-30-14-6-2-10-26(30)18-22-34(38)42-44-36-24-20-28-12-4-8-16-32(28)40(36)39-31-15-7-3-11-27(31)19-23-35(39)43-41-33/h1-24H. The molecule has 8 aromatic rings. The molecule has 1 aliphatic heterocycles. The molecule has 44 heavy (non-hydrogen) atoms. The zero-order valence-electron chi connectivity index (χ0n) is 23.5. The van der Waals surface area contributed by atoms with Gasteiger partial charge in [-0.15, -0.1) is 0 Å². The quantitative estimate of drug-likeness (QED) is 0.154. The summed E-state index contributed by atoms with van der Waals surface area (Å²) in [6, 6.07) is 55.5. The molecule has 0 nitrogen and oxygen atoms in total. The fraction of sp³-hybridized carbons (Fsp3) is 0. The van der Waals surface area contributed by atoms with E-state index in [0.717, 1.165) is 0 Å². The molecule has 0 saturated carbocycles. The van der Waals surface area contributed by atoms with Crippen molar-refractivity contribution in [1.29, 1.82) is 0 Å². The van der Waals surface area contributed by atoms with E-state index in [1.165, 1.54) is 83.2 Å². The predicted molar refractivity (Wildman–Crippen MR) is 195 cm³/mol. The summed E-state index contributed by atoms with van der Waals surface area (Å²) < 4.78 is 6.15. The van der Waals surface area contributed by atoms with Gasteiger partial charge in [-0.3, -0.25) is 0 Å². The molecule has 4 heteroatoms. The molecule has 0 bridgehead atoms. The van der Waals surface area contributed by atoms with E-state index in [0.29, 0.717) is 52.5 Å². The normalized spacial score (nSPS) is 13.1. The van der Waals surface area contributed by atoms with Gasteiger partial charge in [-0.25, -0.2) is 0 Å². The van der Waals surface area contributed by atoms with Crippen molar-refractivity contribution in [3.05, 3.63) is 146 Å². The Hall–Kier alpha value is -3.12. The van der Waals surface area contributed by atoms with Crippen LogP contribution in [0, 0.1) is 0 Å². The zero-order valence-corrected chi connectivity index (χ0v) is 30.3. The molecule has 0 N–H and O–H groups in total. The van der Waals surface area contributed by atoms with Gasteiger partial charge in [0.05, 0.1) is 0 Å². The summed E-state index contributed by atoms with van der Waals surface area (Å²) in [6.45, 7) is 0. The second kappa shape index (κ2) is 11.3. The summed E-state index contributed by atoms with van der Waals surface area (Å²) in [5.41, 5.74) is 5.93. The molecule has 8 aromatic carbocycles. The molecule has 0 aliphatic carbocycles. The maximum absolute atomic E-state index is 2.46. The fourth-order valence-corrected chi connectivity index (χ4v) is 20.7. The Morgan fingerprint density at radius 3 is 0.705 bits per heavy atom. The SMILES string of the molecule is c1ccc2c3c(ccc2c1)[Se][Se]c1ccc2ccccc2c1-c1c(ccc2ccccc12)[Se][Se]c1ccc2ccccc2c1-3. The second-order valence-corrected chi connectivity index (χ2v) is 23.3. The van der Waals surface area contributed by atoms with E-state index in [1.807, 2.05) is 0 Å². The molecule has 0 fully saturated rings. The van der Waals surface area contributed by atoms with Crippen molar-refractivity contribution in [2.75, 3.05) is 0 Å². The summed E-state index contributed by atoms with van der Waals surface area (Å²) in [4.78, 5) is 0. The summed E-state index contributed by atoms with van der Waals surface area (Å²) >= 11 is 1.22. The molecule has 1 heterocycles. The van der Waals surface area contributed by atoms with E-state index in [4.69, 9.17) is 0 Å². The topological polar surface area (TPSA) is 0 Å². The van der Waals surface area contributed by atoms with Crippen molar-refractivity contribution in [3.63, 3.8) is 0 Å². The molecule has 0 aromatic heterocycles. The Kier molecular flexibility index (Phi) is 7.02. The van der Waals surface area contributed by atoms with Crippen LogP contribution in [0.4, 0.5) is 0 Å². The first-order valence-corrected chi connectivity index (χ1v) is 26.7. The minimum absolute atomic E-state index is 0.305. The third-order valence-corrected chi connectivity index (χ3v) is 22.9. The van der Waals surface area contributed by atoms with E-state index in [2.05, 4.69) is 146 Å². The molecule has 0 atom stereocenters. The van der Waals surface area contributed by atoms with Gasteiger partial charge in [-0.1, -0.05) is 0 Å². The van der Waals surface area contributed by atoms with Gasteiger partial charge in [-0.05, 0) is 0 Å². The molecule has 0 spiro atoms. The van der Waals surface area contributed by atoms with Gasteiger partial charge in [0.2, 0.25) is 0 Å². The first-order valence-electron chi connectivity index (χ1n) is 14.6. The number of rotatable bonds is 0. The van der Waals surface area contributed by atoms with Crippen LogP contribution < -0.4 is 17.8 Å². The summed E-state index contributed by atoms with van der Waals surface area (Å²) in [5, 5.41) is 10.9. The van der Waals surface area contributed by atoms with Crippen molar-refractivity contribution < 1.29 is 0 Å². The van der Waals surface area contributed by atoms with Crippen molar-refractivity contribution in [2.45, 2.75) is 0 Å². The van der Waals surface area contributed by atoms with Crippen LogP contribution in [0.15, 0.2) is 146 Å². The van der Waals surface area contributed by atoms with Crippen molar-refractivity contribution in [3.8, 4) is 22.3 Å². The molecule has 0 unspecified atom stereocenters. The minimum atomic E-state index is 0.305. The Morgan fingerprint density at radius 2 is 0.455 bits per heavy atom. The Labute approximate surface area is 279 Å². The molecule has 208 valence electrons. The molecule has 0 amide bonds. The second-order valence-electron chi connectivity index (χ2n) is 11.0. The Balaban J connectivity index is 1.39. The number of hydrogen-bond donors (Lipinski definition) is 0. The van der Waals surface area contributed by atoms with Gasteiger partial charge in [0.1, 0.15) is 0 Å². The first-order chi connectivity index (χ1) is 21.8. The molecule has 9 rings (SSSR count). The van der Waals surface area contributed by atoms with E-state index in [-0.39, 0.29) is 0 Å². The maximum atomic E-state index is 2.46. The fourth-order valence-electron chi connectivity index (χ4n) is 6.49. The van der Waals surface area contributed by atoms with Gasteiger partial charge in [0.15, 0.2) is 0 Å². The van der Waals surface area contributed by atoms with E-state index in [1.54, 1.807) is 0 Å². The van der Waals surface area contributed by atoms with E-state index < -0.39 is 0 Å². The molecule has 0 radical (unpaired) electrons. The average molecular weight is 820 g/mol. The monoisotopic (exact) mass is 824 g/mol. The summed E-state index contributed by atoms with van der Waals surface area (Å²) in [7, 11) is 0. The Bertz CT molecular complexity index is 2070. The van der Waals surface area contributed by atoms with Gasteiger partial charge in [0.25, 0.3) is 0 Å². The van der Waals surface area contributed by atoms with Crippen molar-refractivity contribution in [2.24, 2.45) is 0 Å². The van der Waals surface area contributed by atoms with Gasteiger partial charge < -0.3 is 0 Å². The van der Waals surface area contributed by atoms with Crippen LogP contribution in [0.3, 0.4) is 0 Å². The molecule has 0 saturated heterocycles. The van der Waals surface area contributed by atoms with Crippen LogP contribution in [-0.4, -0.2) is 52.5 Å². The zero-order chi connectivity index (χ0) is 29.0. The molecule has 1 aliphatic rings. The first kappa shape index (κ1) is 27.2. The van der Waals surface area contributed by atoms with E-state index in [9.17, 15) is 0 Å². The molecular weight excluding hydrogens is 796 g/mol. The van der Waals surface area contributed by atoms with Crippen molar-refractivity contribution >= 4 is 113 Å². The third kappa shape index (κ3) is 4.54. The van der Waals surface area contributed by atoms with Crippen LogP contribution in [0.5, 0.6) is 0 Å². The summed E-state index contributed by atoms with van der Waals surface area (Å²) in [5.74, 6) is 0. The van der Waals surface area contributed by atoms with Crippen molar-refractivity contribution in [1.82, 2.24) is 0 Å². The van der Waals surface area contributed by atoms with Crippen LogP contribution >= 0.6 is 0 Å². The van der Waals surface area contributed by atoms with Crippen LogP contribution in [-0.2, 0) is 0 Å². The number of benzene rings is 8. The van der Waals surface area contributed by atoms with Crippen LogP contribution in [0.25, 0.3) is 65.3 Å². The van der Waals surface area contributed by atoms with Gasteiger partial charge in [0, 0.05) is 0 Å². The van der Waals surface area contributed by atoms with E-state index >= 15 is 0 Å². The third-order valence-electron chi connectivity index (χ3n) is 8.51. The predicted octanol–water partition coefficient (Wildman–Crippen LogP) is 6.50. The average Bonchev–Trinajstić information content (AvgIpc) is 3.08.